The maximum atomic E-state index is 3.62. The van der Waals surface area contributed by atoms with Gasteiger partial charge in [-0.2, -0.15) is 0 Å². The van der Waals surface area contributed by atoms with Crippen LogP contribution in [0.3, 0.4) is 0 Å². The number of nitrogens with one attached hydrogen (secondary N) is 1. The van der Waals surface area contributed by atoms with Gasteiger partial charge in [-0.3, -0.25) is 4.90 Å². The van der Waals surface area contributed by atoms with E-state index in [9.17, 15) is 0 Å². The first kappa shape index (κ1) is 13.4. The first-order valence-corrected chi connectivity index (χ1v) is 7.70. The van der Waals surface area contributed by atoms with Gasteiger partial charge in [0.2, 0.25) is 0 Å². The summed E-state index contributed by atoms with van der Waals surface area (Å²) in [7, 11) is 0. The molecule has 2 atom stereocenters. The first-order chi connectivity index (χ1) is 8.23. The Morgan fingerprint density at radius 1 is 1.18 bits per heavy atom. The minimum Gasteiger partial charge on any atom is -0.314 e. The van der Waals surface area contributed by atoms with Crippen LogP contribution < -0.4 is 5.32 Å². The van der Waals surface area contributed by atoms with E-state index in [0.29, 0.717) is 5.41 Å². The van der Waals surface area contributed by atoms with Crippen molar-refractivity contribution in [3.8, 4) is 0 Å². The monoisotopic (exact) mass is 238 g/mol. The molecule has 2 heteroatoms. The van der Waals surface area contributed by atoms with Crippen LogP contribution in [0.2, 0.25) is 0 Å². The van der Waals surface area contributed by atoms with E-state index in [4.69, 9.17) is 0 Å². The summed E-state index contributed by atoms with van der Waals surface area (Å²) in [6.07, 6.45) is 8.36. The Hall–Kier alpha value is -0.0800. The van der Waals surface area contributed by atoms with E-state index in [0.717, 1.165) is 18.6 Å². The lowest BCUT2D eigenvalue weighted by Crippen LogP contribution is -2.35. The lowest BCUT2D eigenvalue weighted by molar-refractivity contribution is 0.193. The van der Waals surface area contributed by atoms with E-state index in [1.807, 2.05) is 0 Å². The Kier molecular flexibility index (Phi) is 4.48. The third kappa shape index (κ3) is 2.85. The van der Waals surface area contributed by atoms with Crippen LogP contribution in [-0.2, 0) is 0 Å². The molecule has 0 bridgehead atoms. The van der Waals surface area contributed by atoms with Crippen LogP contribution in [-0.4, -0.2) is 36.6 Å². The molecular formula is C15H30N2. The summed E-state index contributed by atoms with van der Waals surface area (Å²) >= 11 is 0. The topological polar surface area (TPSA) is 15.3 Å². The van der Waals surface area contributed by atoms with Crippen molar-refractivity contribution < 1.29 is 0 Å². The number of nitrogens with zero attached hydrogens (tertiary/aromatic N) is 1. The van der Waals surface area contributed by atoms with E-state index in [2.05, 4.69) is 31.0 Å². The smallest absolute Gasteiger partial charge is 0.0111 e. The Morgan fingerprint density at radius 2 is 1.94 bits per heavy atom. The summed E-state index contributed by atoms with van der Waals surface area (Å²) in [5, 5.41) is 3.62. The molecule has 0 aromatic heterocycles. The van der Waals surface area contributed by atoms with Crippen molar-refractivity contribution in [1.29, 1.82) is 0 Å². The van der Waals surface area contributed by atoms with Crippen molar-refractivity contribution in [2.24, 2.45) is 5.41 Å². The van der Waals surface area contributed by atoms with Gasteiger partial charge in [0, 0.05) is 18.6 Å². The molecule has 1 N–H and O–H groups in total. The SMILES string of the molecule is CCNC1CCC(N2CCC(CC)(CC)C2)C1. The molecule has 1 saturated carbocycles. The summed E-state index contributed by atoms with van der Waals surface area (Å²) in [5.41, 5.74) is 0.649. The molecule has 2 unspecified atom stereocenters. The van der Waals surface area contributed by atoms with Gasteiger partial charge in [-0.25, -0.2) is 0 Å². The molecule has 0 radical (unpaired) electrons. The predicted molar refractivity (Wildman–Crippen MR) is 74.3 cm³/mol. The van der Waals surface area contributed by atoms with Gasteiger partial charge in [0.1, 0.15) is 0 Å². The summed E-state index contributed by atoms with van der Waals surface area (Å²) in [6.45, 7) is 10.8. The van der Waals surface area contributed by atoms with E-state index >= 15 is 0 Å². The quantitative estimate of drug-likeness (QED) is 0.792. The molecule has 1 heterocycles. The lowest BCUT2D eigenvalue weighted by atomic mass is 9.82. The molecule has 2 rings (SSSR count). The molecule has 100 valence electrons. The number of hydrogen-bond acceptors (Lipinski definition) is 2. The average molecular weight is 238 g/mol. The van der Waals surface area contributed by atoms with Crippen LogP contribution in [0.25, 0.3) is 0 Å². The fraction of sp³-hybridized carbons (Fsp3) is 1.00. The zero-order valence-electron chi connectivity index (χ0n) is 12.0. The molecule has 2 nitrogen and oxygen atoms in total. The van der Waals surface area contributed by atoms with Crippen LogP contribution in [0.1, 0.15) is 59.3 Å². The minimum atomic E-state index is 0.649. The van der Waals surface area contributed by atoms with Crippen molar-refractivity contribution >= 4 is 0 Å². The van der Waals surface area contributed by atoms with E-state index in [1.54, 1.807) is 0 Å². The van der Waals surface area contributed by atoms with Gasteiger partial charge in [-0.15, -0.1) is 0 Å². The highest BCUT2D eigenvalue weighted by molar-refractivity contribution is 4.94. The molecule has 2 aliphatic rings. The van der Waals surface area contributed by atoms with Crippen molar-refractivity contribution in [3.05, 3.63) is 0 Å². The Balaban J connectivity index is 1.85. The predicted octanol–water partition coefficient (Wildman–Crippen LogP) is 3.03. The maximum absolute atomic E-state index is 3.62. The fourth-order valence-corrected chi connectivity index (χ4v) is 3.87. The van der Waals surface area contributed by atoms with Gasteiger partial charge < -0.3 is 5.32 Å². The van der Waals surface area contributed by atoms with Gasteiger partial charge in [0.25, 0.3) is 0 Å². The zero-order chi connectivity index (χ0) is 12.3. The van der Waals surface area contributed by atoms with Crippen LogP contribution in [0.5, 0.6) is 0 Å². The van der Waals surface area contributed by atoms with Crippen molar-refractivity contribution in [3.63, 3.8) is 0 Å². The molecule has 0 aromatic rings. The van der Waals surface area contributed by atoms with Crippen molar-refractivity contribution in [1.82, 2.24) is 10.2 Å². The van der Waals surface area contributed by atoms with E-state index in [1.165, 1.54) is 51.6 Å². The first-order valence-electron chi connectivity index (χ1n) is 7.70. The molecule has 1 aliphatic carbocycles. The highest BCUT2D eigenvalue weighted by Gasteiger charge is 2.39. The molecule has 0 amide bonds. The second-order valence-corrected chi connectivity index (χ2v) is 6.15. The van der Waals surface area contributed by atoms with Gasteiger partial charge in [0.15, 0.2) is 0 Å². The molecule has 2 fully saturated rings. The van der Waals surface area contributed by atoms with Crippen LogP contribution in [0.15, 0.2) is 0 Å². The van der Waals surface area contributed by atoms with E-state index < -0.39 is 0 Å². The summed E-state index contributed by atoms with van der Waals surface area (Å²) < 4.78 is 0. The molecular weight excluding hydrogens is 208 g/mol. The van der Waals surface area contributed by atoms with Crippen LogP contribution >= 0.6 is 0 Å². The summed E-state index contributed by atoms with van der Waals surface area (Å²) in [4.78, 5) is 2.80. The third-order valence-electron chi connectivity index (χ3n) is 5.38. The van der Waals surface area contributed by atoms with Crippen molar-refractivity contribution in [2.45, 2.75) is 71.4 Å². The number of hydrogen-bond donors (Lipinski definition) is 1. The average Bonchev–Trinajstić information content (AvgIpc) is 2.96. The highest BCUT2D eigenvalue weighted by Crippen LogP contribution is 2.40. The zero-order valence-corrected chi connectivity index (χ0v) is 12.0. The minimum absolute atomic E-state index is 0.649. The van der Waals surface area contributed by atoms with Gasteiger partial charge in [-0.05, 0) is 57.0 Å². The molecule has 1 aliphatic heterocycles. The fourth-order valence-electron chi connectivity index (χ4n) is 3.87. The lowest BCUT2D eigenvalue weighted by Gasteiger charge is -2.29. The molecule has 17 heavy (non-hydrogen) atoms. The Bertz CT molecular complexity index is 235. The summed E-state index contributed by atoms with van der Waals surface area (Å²) in [5.74, 6) is 0. The van der Waals surface area contributed by atoms with Gasteiger partial charge in [0.05, 0.1) is 0 Å². The second-order valence-electron chi connectivity index (χ2n) is 6.15. The maximum Gasteiger partial charge on any atom is 0.0111 e. The Morgan fingerprint density at radius 3 is 2.53 bits per heavy atom. The Labute approximate surface area is 107 Å². The van der Waals surface area contributed by atoms with Crippen LogP contribution in [0, 0.1) is 5.41 Å². The van der Waals surface area contributed by atoms with Crippen molar-refractivity contribution in [2.75, 3.05) is 19.6 Å². The highest BCUT2D eigenvalue weighted by atomic mass is 15.2. The third-order valence-corrected chi connectivity index (χ3v) is 5.38. The van der Waals surface area contributed by atoms with Crippen LogP contribution in [0.4, 0.5) is 0 Å². The largest absolute Gasteiger partial charge is 0.314 e. The second kappa shape index (κ2) is 5.71. The van der Waals surface area contributed by atoms with Gasteiger partial charge >= 0.3 is 0 Å². The number of rotatable bonds is 5. The summed E-state index contributed by atoms with van der Waals surface area (Å²) in [6, 6.07) is 1.67. The van der Waals surface area contributed by atoms with Gasteiger partial charge in [-0.1, -0.05) is 20.8 Å². The number of likely N-dealkylation sites (tertiary alicyclic amines) is 1. The molecule has 1 saturated heterocycles. The standard InChI is InChI=1S/C15H30N2/c1-4-15(5-2)9-10-17(12-15)14-8-7-13(11-14)16-6-3/h13-14,16H,4-12H2,1-3H3. The normalized spacial score (nSPS) is 33.4. The molecule has 0 spiro atoms. The van der Waals surface area contributed by atoms with E-state index in [-0.39, 0.29) is 0 Å². The molecule has 0 aromatic carbocycles.